The van der Waals surface area contributed by atoms with E-state index in [2.05, 4.69) is 26.2 Å². The SMILES string of the molecule is Fc1cc(Cl)c(Nc2nc(F)c(F)cc2F)c(Br)c1. The van der Waals surface area contributed by atoms with Crippen molar-refractivity contribution < 1.29 is 17.6 Å². The average molecular weight is 356 g/mol. The third-order valence-corrected chi connectivity index (χ3v) is 3.06. The molecule has 0 saturated carbocycles. The smallest absolute Gasteiger partial charge is 0.251 e. The van der Waals surface area contributed by atoms with E-state index in [1.807, 2.05) is 0 Å². The lowest BCUT2D eigenvalue weighted by molar-refractivity contribution is 0.467. The summed E-state index contributed by atoms with van der Waals surface area (Å²) in [7, 11) is 0. The van der Waals surface area contributed by atoms with Crippen LogP contribution < -0.4 is 5.32 Å². The molecule has 0 fully saturated rings. The number of aromatic nitrogens is 1. The van der Waals surface area contributed by atoms with Gasteiger partial charge < -0.3 is 5.32 Å². The Kier molecular flexibility index (Phi) is 3.96. The third-order valence-electron chi connectivity index (χ3n) is 2.14. The van der Waals surface area contributed by atoms with Gasteiger partial charge in [0.1, 0.15) is 5.82 Å². The molecule has 2 nitrogen and oxygen atoms in total. The summed E-state index contributed by atoms with van der Waals surface area (Å²) in [4.78, 5) is 3.07. The van der Waals surface area contributed by atoms with Crippen LogP contribution in [0.4, 0.5) is 29.1 Å². The first-order valence-corrected chi connectivity index (χ1v) is 5.98. The van der Waals surface area contributed by atoms with E-state index in [0.717, 1.165) is 12.1 Å². The highest BCUT2D eigenvalue weighted by molar-refractivity contribution is 9.10. The fourth-order valence-electron chi connectivity index (χ4n) is 1.31. The summed E-state index contributed by atoms with van der Waals surface area (Å²) in [6.45, 7) is 0. The van der Waals surface area contributed by atoms with Crippen molar-refractivity contribution in [3.63, 3.8) is 0 Å². The minimum atomic E-state index is -1.46. The summed E-state index contributed by atoms with van der Waals surface area (Å²) in [5.74, 6) is -5.15. The Labute approximate surface area is 118 Å². The van der Waals surface area contributed by atoms with E-state index in [-0.39, 0.29) is 15.2 Å². The topological polar surface area (TPSA) is 24.9 Å². The molecule has 1 aromatic heterocycles. The van der Waals surface area contributed by atoms with E-state index in [4.69, 9.17) is 11.6 Å². The molecule has 0 aliphatic rings. The third kappa shape index (κ3) is 2.98. The molecule has 1 heterocycles. The number of rotatable bonds is 2. The molecule has 0 atom stereocenters. The van der Waals surface area contributed by atoms with Gasteiger partial charge in [0.2, 0.25) is 0 Å². The molecule has 0 radical (unpaired) electrons. The molecule has 0 spiro atoms. The quantitative estimate of drug-likeness (QED) is 0.618. The first-order chi connectivity index (χ1) is 8.88. The van der Waals surface area contributed by atoms with Crippen molar-refractivity contribution in [2.75, 3.05) is 5.32 Å². The normalized spacial score (nSPS) is 10.6. The highest BCUT2D eigenvalue weighted by Crippen LogP contribution is 2.34. The second kappa shape index (κ2) is 5.34. The van der Waals surface area contributed by atoms with Crippen molar-refractivity contribution in [1.29, 1.82) is 0 Å². The van der Waals surface area contributed by atoms with Gasteiger partial charge in [0.15, 0.2) is 17.5 Å². The van der Waals surface area contributed by atoms with E-state index in [1.54, 1.807) is 0 Å². The predicted molar refractivity (Wildman–Crippen MR) is 66.5 cm³/mol. The second-order valence-corrected chi connectivity index (χ2v) is 4.72. The van der Waals surface area contributed by atoms with Crippen molar-refractivity contribution in [1.82, 2.24) is 4.98 Å². The lowest BCUT2D eigenvalue weighted by atomic mass is 10.3. The largest absolute Gasteiger partial charge is 0.336 e. The molecule has 0 aliphatic heterocycles. The zero-order valence-corrected chi connectivity index (χ0v) is 11.3. The Hall–Kier alpha value is -1.34. The molecular formula is C11H4BrClF4N2. The zero-order chi connectivity index (χ0) is 14.2. The standard InChI is InChI=1S/C11H4BrClF4N2/c12-5-1-4(14)2-6(13)9(5)18-11-8(16)3-7(15)10(17)19-11/h1-3H,(H,18,19). The van der Waals surface area contributed by atoms with Crippen molar-refractivity contribution >= 4 is 39.0 Å². The first kappa shape index (κ1) is 14.1. The van der Waals surface area contributed by atoms with Crippen LogP contribution in [0.15, 0.2) is 22.7 Å². The van der Waals surface area contributed by atoms with Gasteiger partial charge >= 0.3 is 0 Å². The molecule has 2 rings (SSSR count). The van der Waals surface area contributed by atoms with Crippen molar-refractivity contribution in [3.05, 3.63) is 51.1 Å². The molecule has 0 amide bonds. The number of nitrogens with zero attached hydrogens (tertiary/aromatic N) is 1. The van der Waals surface area contributed by atoms with Crippen LogP contribution in [0.2, 0.25) is 5.02 Å². The van der Waals surface area contributed by atoms with Gasteiger partial charge in [0, 0.05) is 10.5 Å². The average Bonchev–Trinajstić information content (AvgIpc) is 2.29. The van der Waals surface area contributed by atoms with Crippen LogP contribution >= 0.6 is 27.5 Å². The van der Waals surface area contributed by atoms with Crippen LogP contribution in [0.25, 0.3) is 0 Å². The molecule has 0 aliphatic carbocycles. The Morgan fingerprint density at radius 3 is 2.37 bits per heavy atom. The maximum Gasteiger partial charge on any atom is 0.251 e. The number of hydrogen-bond acceptors (Lipinski definition) is 2. The summed E-state index contributed by atoms with van der Waals surface area (Å²) in [6.07, 6.45) is 0. The van der Waals surface area contributed by atoms with Crippen LogP contribution in [-0.4, -0.2) is 4.98 Å². The van der Waals surface area contributed by atoms with E-state index in [0.29, 0.717) is 6.07 Å². The molecule has 8 heteroatoms. The zero-order valence-electron chi connectivity index (χ0n) is 8.95. The molecule has 1 N–H and O–H groups in total. The van der Waals surface area contributed by atoms with Gasteiger partial charge in [-0.2, -0.15) is 9.37 Å². The van der Waals surface area contributed by atoms with Crippen LogP contribution in [0.5, 0.6) is 0 Å². The van der Waals surface area contributed by atoms with Crippen LogP contribution in [0.1, 0.15) is 0 Å². The van der Waals surface area contributed by atoms with Gasteiger partial charge in [-0.25, -0.2) is 13.2 Å². The molecule has 19 heavy (non-hydrogen) atoms. The molecule has 0 bridgehead atoms. The van der Waals surface area contributed by atoms with Gasteiger partial charge in [-0.05, 0) is 28.1 Å². The fraction of sp³-hybridized carbons (Fsp3) is 0. The van der Waals surface area contributed by atoms with Crippen LogP contribution in [0, 0.1) is 23.4 Å². The molecule has 1 aromatic carbocycles. The Bertz CT molecular complexity index is 628. The fourth-order valence-corrected chi connectivity index (χ4v) is 2.21. The lowest BCUT2D eigenvalue weighted by Crippen LogP contribution is -2.02. The first-order valence-electron chi connectivity index (χ1n) is 4.81. The minimum Gasteiger partial charge on any atom is -0.336 e. The highest BCUT2D eigenvalue weighted by atomic mass is 79.9. The number of halogens is 6. The molecule has 100 valence electrons. The summed E-state index contributed by atoms with van der Waals surface area (Å²) in [5.41, 5.74) is 0.0838. The summed E-state index contributed by atoms with van der Waals surface area (Å²) < 4.78 is 52.2. The monoisotopic (exact) mass is 354 g/mol. The van der Waals surface area contributed by atoms with Crippen molar-refractivity contribution in [2.45, 2.75) is 0 Å². The number of pyridine rings is 1. The van der Waals surface area contributed by atoms with Gasteiger partial charge in [-0.1, -0.05) is 11.6 Å². The summed E-state index contributed by atoms with van der Waals surface area (Å²) in [5, 5.41) is 2.29. The Morgan fingerprint density at radius 2 is 1.74 bits per heavy atom. The maximum atomic E-state index is 13.4. The summed E-state index contributed by atoms with van der Waals surface area (Å²) >= 11 is 8.77. The lowest BCUT2D eigenvalue weighted by Gasteiger charge is -2.11. The van der Waals surface area contributed by atoms with Gasteiger partial charge in [-0.3, -0.25) is 0 Å². The van der Waals surface area contributed by atoms with E-state index < -0.39 is 29.2 Å². The Balaban J connectivity index is 2.45. The molecule has 0 unspecified atom stereocenters. The second-order valence-electron chi connectivity index (χ2n) is 3.46. The van der Waals surface area contributed by atoms with Gasteiger partial charge in [0.25, 0.3) is 5.95 Å². The van der Waals surface area contributed by atoms with E-state index >= 15 is 0 Å². The highest BCUT2D eigenvalue weighted by Gasteiger charge is 2.15. The minimum absolute atomic E-state index is 0.0715. The number of benzene rings is 1. The van der Waals surface area contributed by atoms with Crippen LogP contribution in [0.3, 0.4) is 0 Å². The summed E-state index contributed by atoms with van der Waals surface area (Å²) in [6, 6.07) is 2.40. The van der Waals surface area contributed by atoms with Gasteiger partial charge in [0.05, 0.1) is 10.7 Å². The van der Waals surface area contributed by atoms with Gasteiger partial charge in [-0.15, -0.1) is 0 Å². The van der Waals surface area contributed by atoms with Crippen molar-refractivity contribution in [3.8, 4) is 0 Å². The maximum absolute atomic E-state index is 13.4. The number of anilines is 2. The molecule has 2 aromatic rings. The number of hydrogen-bond donors (Lipinski definition) is 1. The van der Waals surface area contributed by atoms with E-state index in [1.165, 1.54) is 0 Å². The Morgan fingerprint density at radius 1 is 1.05 bits per heavy atom. The number of nitrogens with one attached hydrogen (secondary N) is 1. The predicted octanol–water partition coefficient (Wildman–Crippen LogP) is 4.80. The van der Waals surface area contributed by atoms with E-state index in [9.17, 15) is 17.6 Å². The van der Waals surface area contributed by atoms with Crippen LogP contribution in [-0.2, 0) is 0 Å². The van der Waals surface area contributed by atoms with Crippen molar-refractivity contribution in [2.24, 2.45) is 0 Å². The molecular weight excluding hydrogens is 351 g/mol. The molecule has 0 saturated heterocycles.